The molecule has 0 nitrogen and oxygen atoms in total. The minimum Gasteiger partial charge on any atom is 0.0541 e. The molecule has 0 bridgehead atoms. The molecule has 0 spiro atoms. The predicted octanol–water partition coefficient (Wildman–Crippen LogP) is 3.06. The van der Waals surface area contributed by atoms with Gasteiger partial charge >= 0.3 is 0 Å². The van der Waals surface area contributed by atoms with Crippen molar-refractivity contribution in [2.75, 3.05) is 39.0 Å². The Morgan fingerprint density at radius 2 is 1.22 bits per heavy atom. The summed E-state index contributed by atoms with van der Waals surface area (Å²) in [6.07, 6.45) is 3.18. The van der Waals surface area contributed by atoms with Gasteiger partial charge in [-0.05, 0) is 0 Å². The third kappa shape index (κ3) is 2.42. The Hall–Kier alpha value is 1.29. The Morgan fingerprint density at radius 3 is 1.33 bits per heavy atom. The minimum atomic E-state index is -0.338. The Bertz CT molecular complexity index is 103. The van der Waals surface area contributed by atoms with E-state index in [1.807, 2.05) is 0 Å². The van der Waals surface area contributed by atoms with Gasteiger partial charge in [0, 0.05) is 0 Å². The summed E-state index contributed by atoms with van der Waals surface area (Å²) in [5.74, 6) is 0. The summed E-state index contributed by atoms with van der Waals surface area (Å²) in [5.41, 5.74) is 0. The van der Waals surface area contributed by atoms with Gasteiger partial charge in [0.2, 0.25) is 0 Å². The third-order valence-electron chi connectivity index (χ3n) is 1.76. The zero-order chi connectivity index (χ0) is 7.12. The highest BCUT2D eigenvalue weighted by Crippen LogP contribution is 2.94. The van der Waals surface area contributed by atoms with Gasteiger partial charge in [0.1, 0.15) is 0 Å². The maximum absolute atomic E-state index is 2.53. The molecule has 0 radical (unpaired) electrons. The van der Waals surface area contributed by atoms with Crippen molar-refractivity contribution in [1.29, 1.82) is 0 Å². The molecule has 0 unspecified atom stereocenters. The smallest absolute Gasteiger partial charge is 0.0541 e. The molecule has 3 heteroatoms. The van der Waals surface area contributed by atoms with Crippen LogP contribution in [0, 0.1) is 0 Å². The van der Waals surface area contributed by atoms with Gasteiger partial charge in [-0.25, -0.2) is 0 Å². The Kier molecular flexibility index (Phi) is 2.24. The van der Waals surface area contributed by atoms with Crippen LogP contribution in [-0.2, 0) is 0 Å². The lowest BCUT2D eigenvalue weighted by Crippen LogP contribution is -1.86. The van der Waals surface area contributed by atoms with Crippen LogP contribution in [0.1, 0.15) is 0 Å². The van der Waals surface area contributed by atoms with Crippen LogP contribution in [0.5, 0.6) is 0 Å². The van der Waals surface area contributed by atoms with Crippen LogP contribution in [0.4, 0.5) is 0 Å². The first-order chi connectivity index (χ1) is 3.91. The third-order valence-corrected chi connectivity index (χ3v) is 20.2. The van der Waals surface area contributed by atoms with E-state index in [9.17, 15) is 0 Å². The van der Waals surface area contributed by atoms with Crippen LogP contribution in [0.3, 0.4) is 0 Å². The van der Waals surface area contributed by atoms with Gasteiger partial charge in [-0.1, -0.05) is 0 Å². The maximum atomic E-state index is 2.53. The molecule has 1 aliphatic rings. The Morgan fingerprint density at radius 1 is 0.889 bits per heavy atom. The standard InChI is InChI=1S/C6H17P3/c1-8(2)5-6-9(3,4)7-8/h7H,5-6H2,1-4H3/q+2. The van der Waals surface area contributed by atoms with Gasteiger partial charge < -0.3 is 0 Å². The van der Waals surface area contributed by atoms with Gasteiger partial charge in [0.05, 0.1) is 52.9 Å². The monoisotopic (exact) mass is 182 g/mol. The molecule has 0 aliphatic carbocycles. The van der Waals surface area contributed by atoms with Crippen LogP contribution in [0.25, 0.3) is 0 Å². The minimum absolute atomic E-state index is 0.338. The second kappa shape index (κ2) is 2.41. The normalized spacial score (nSPS) is 30.7. The Labute approximate surface area is 61.4 Å². The van der Waals surface area contributed by atoms with E-state index in [0.29, 0.717) is 0 Å². The van der Waals surface area contributed by atoms with Crippen LogP contribution >= 0.6 is 21.9 Å². The molecule has 1 heterocycles. The highest BCUT2D eigenvalue weighted by Gasteiger charge is 2.49. The van der Waals surface area contributed by atoms with E-state index in [4.69, 9.17) is 0 Å². The first-order valence-corrected chi connectivity index (χ1v) is 11.8. The fourth-order valence-electron chi connectivity index (χ4n) is 1.33. The van der Waals surface area contributed by atoms with E-state index in [-0.39, 0.29) is 13.9 Å². The van der Waals surface area contributed by atoms with E-state index in [2.05, 4.69) is 26.7 Å². The molecule has 1 aliphatic heterocycles. The molecule has 0 aromatic rings. The summed E-state index contributed by atoms with van der Waals surface area (Å²) in [4.78, 5) is 0. The molecule has 0 atom stereocenters. The fraction of sp³-hybridized carbons (Fsp3) is 1.00. The van der Waals surface area contributed by atoms with Gasteiger partial charge in [-0.15, -0.1) is 0 Å². The van der Waals surface area contributed by atoms with Crippen molar-refractivity contribution in [3.8, 4) is 0 Å². The second-order valence-electron chi connectivity index (χ2n) is 3.92. The van der Waals surface area contributed by atoms with Gasteiger partial charge in [0.25, 0.3) is 0 Å². The molecule has 0 amide bonds. The number of hydrogen-bond donors (Lipinski definition) is 0. The predicted molar refractivity (Wildman–Crippen MR) is 55.6 cm³/mol. The molecule has 0 N–H and O–H groups in total. The molecule has 9 heavy (non-hydrogen) atoms. The van der Waals surface area contributed by atoms with Crippen molar-refractivity contribution in [2.24, 2.45) is 0 Å². The molecule has 1 fully saturated rings. The molecule has 0 saturated carbocycles. The molecular formula is C6H17P3+2. The van der Waals surface area contributed by atoms with Crippen molar-refractivity contribution in [3.63, 3.8) is 0 Å². The largest absolute Gasteiger partial charge is 0.195 e. The average Bonchev–Trinajstić information content (AvgIpc) is 1.78. The van der Waals surface area contributed by atoms with Crippen molar-refractivity contribution in [2.45, 2.75) is 0 Å². The second-order valence-corrected chi connectivity index (χ2v) is 21.4. The average molecular weight is 182 g/mol. The lowest BCUT2D eigenvalue weighted by atomic mass is 11.0. The first-order valence-electron chi connectivity index (χ1n) is 3.37. The van der Waals surface area contributed by atoms with Crippen molar-refractivity contribution < 1.29 is 0 Å². The van der Waals surface area contributed by atoms with E-state index in [1.165, 1.54) is 7.96 Å². The van der Waals surface area contributed by atoms with Crippen molar-refractivity contribution in [1.82, 2.24) is 0 Å². The summed E-state index contributed by atoms with van der Waals surface area (Å²) >= 11 is 0. The summed E-state index contributed by atoms with van der Waals surface area (Å²) in [6.45, 7) is 9.44. The van der Waals surface area contributed by atoms with E-state index < -0.39 is 0 Å². The van der Waals surface area contributed by atoms with E-state index in [1.54, 1.807) is 12.3 Å². The zero-order valence-corrected chi connectivity index (χ0v) is 9.60. The first kappa shape index (κ1) is 8.39. The van der Waals surface area contributed by atoms with Crippen LogP contribution < -0.4 is 0 Å². The van der Waals surface area contributed by atoms with Crippen LogP contribution in [-0.4, -0.2) is 39.0 Å². The SMILES string of the molecule is C[P+]1(C)CC[P+](C)(C)P1. The number of rotatable bonds is 0. The van der Waals surface area contributed by atoms with Crippen molar-refractivity contribution in [3.05, 3.63) is 0 Å². The lowest BCUT2D eigenvalue weighted by Gasteiger charge is -2.07. The summed E-state index contributed by atoms with van der Waals surface area (Å²) in [6, 6.07) is 0. The van der Waals surface area contributed by atoms with Gasteiger partial charge in [0.15, 0.2) is 7.96 Å². The zero-order valence-electron chi connectivity index (χ0n) is 6.81. The van der Waals surface area contributed by atoms with Gasteiger partial charge in [-0.3, -0.25) is 0 Å². The highest BCUT2D eigenvalue weighted by molar-refractivity contribution is 8.63. The topological polar surface area (TPSA) is 0 Å². The quantitative estimate of drug-likeness (QED) is 0.505. The fourth-order valence-corrected chi connectivity index (χ4v) is 28.8. The molecule has 1 saturated heterocycles. The maximum Gasteiger partial charge on any atom is 0.195 e. The van der Waals surface area contributed by atoms with E-state index in [0.717, 1.165) is 0 Å². The molecule has 54 valence electrons. The van der Waals surface area contributed by atoms with Gasteiger partial charge in [-0.2, -0.15) is 0 Å². The summed E-state index contributed by atoms with van der Waals surface area (Å²) < 4.78 is 0. The van der Waals surface area contributed by atoms with E-state index >= 15 is 0 Å². The summed E-state index contributed by atoms with van der Waals surface area (Å²) in [5, 5.41) is 0. The lowest BCUT2D eigenvalue weighted by molar-refractivity contribution is 1.49. The molecular weight excluding hydrogens is 165 g/mol. The summed E-state index contributed by atoms with van der Waals surface area (Å²) in [7, 11) is 1.38. The highest BCUT2D eigenvalue weighted by atomic mass is 32.5. The molecule has 0 aromatic carbocycles. The number of hydrogen-bond acceptors (Lipinski definition) is 0. The Balaban J connectivity index is 2.58. The van der Waals surface area contributed by atoms with Crippen LogP contribution in [0.2, 0.25) is 0 Å². The molecule has 1 rings (SSSR count). The molecule has 0 aromatic heterocycles. The van der Waals surface area contributed by atoms with Crippen molar-refractivity contribution >= 4 is 21.9 Å². The van der Waals surface area contributed by atoms with Crippen LogP contribution in [0.15, 0.2) is 0 Å².